The zero-order chi connectivity index (χ0) is 14.4. The van der Waals surface area contributed by atoms with Crippen molar-refractivity contribution in [3.8, 4) is 11.3 Å². The summed E-state index contributed by atoms with van der Waals surface area (Å²) in [6.07, 6.45) is 6.36. The molecule has 3 nitrogen and oxygen atoms in total. The quantitative estimate of drug-likeness (QED) is 0.751. The molecule has 0 spiro atoms. The van der Waals surface area contributed by atoms with E-state index in [0.717, 1.165) is 37.3 Å². The molecular formula is C17H25N3. The van der Waals surface area contributed by atoms with Gasteiger partial charge in [-0.05, 0) is 36.4 Å². The molecule has 0 aliphatic rings. The molecule has 0 saturated heterocycles. The number of imidazole rings is 1. The zero-order valence-corrected chi connectivity index (χ0v) is 12.5. The molecule has 0 aliphatic carbocycles. The Balaban J connectivity index is 1.97. The molecule has 0 aliphatic heterocycles. The van der Waals surface area contributed by atoms with E-state index in [4.69, 9.17) is 5.73 Å². The van der Waals surface area contributed by atoms with Gasteiger partial charge in [0.1, 0.15) is 5.82 Å². The lowest BCUT2D eigenvalue weighted by molar-refractivity contribution is 0.673. The van der Waals surface area contributed by atoms with Crippen molar-refractivity contribution >= 4 is 0 Å². The molecule has 0 fully saturated rings. The van der Waals surface area contributed by atoms with Crippen molar-refractivity contribution in [2.75, 3.05) is 6.54 Å². The number of aromatic amines is 1. The van der Waals surface area contributed by atoms with Gasteiger partial charge in [-0.1, -0.05) is 44.5 Å². The van der Waals surface area contributed by atoms with E-state index in [1.807, 2.05) is 6.20 Å². The zero-order valence-electron chi connectivity index (χ0n) is 12.5. The Hall–Kier alpha value is -1.61. The number of aromatic nitrogens is 2. The topological polar surface area (TPSA) is 54.7 Å². The van der Waals surface area contributed by atoms with Crippen LogP contribution in [-0.4, -0.2) is 16.5 Å². The Labute approximate surface area is 121 Å². The highest BCUT2D eigenvalue weighted by atomic mass is 14.9. The molecule has 2 aromatic rings. The van der Waals surface area contributed by atoms with Crippen LogP contribution in [-0.2, 0) is 6.42 Å². The predicted octanol–water partition coefficient (Wildman–Crippen LogP) is 3.87. The standard InChI is InChI=1S/C17H25N3/c1-13(2)14-7-9-15(10-8-14)16-12-19-17(20-16)6-4-3-5-11-18/h7-10,12-13H,3-6,11,18H2,1-2H3,(H,19,20). The number of H-pyrrole nitrogens is 1. The highest BCUT2D eigenvalue weighted by Gasteiger charge is 2.04. The van der Waals surface area contributed by atoms with Crippen molar-refractivity contribution in [2.24, 2.45) is 5.73 Å². The Morgan fingerprint density at radius 1 is 1.10 bits per heavy atom. The molecule has 108 valence electrons. The molecule has 1 aromatic carbocycles. The van der Waals surface area contributed by atoms with Crippen LogP contribution in [0.25, 0.3) is 11.3 Å². The van der Waals surface area contributed by atoms with Gasteiger partial charge in [0.15, 0.2) is 0 Å². The largest absolute Gasteiger partial charge is 0.342 e. The molecule has 1 heterocycles. The van der Waals surface area contributed by atoms with Gasteiger partial charge in [0.25, 0.3) is 0 Å². The number of nitrogens with one attached hydrogen (secondary N) is 1. The number of benzene rings is 1. The summed E-state index contributed by atoms with van der Waals surface area (Å²) in [5.74, 6) is 1.65. The van der Waals surface area contributed by atoms with Crippen molar-refractivity contribution in [3.63, 3.8) is 0 Å². The lowest BCUT2D eigenvalue weighted by Crippen LogP contribution is -1.98. The summed E-state index contributed by atoms with van der Waals surface area (Å²) in [5.41, 5.74) is 9.18. The normalized spacial score (nSPS) is 11.2. The summed E-state index contributed by atoms with van der Waals surface area (Å²) in [4.78, 5) is 7.87. The second-order valence-electron chi connectivity index (χ2n) is 5.62. The van der Waals surface area contributed by atoms with E-state index in [1.165, 1.54) is 17.5 Å². The average Bonchev–Trinajstić information content (AvgIpc) is 2.92. The fraction of sp³-hybridized carbons (Fsp3) is 0.471. The molecule has 20 heavy (non-hydrogen) atoms. The lowest BCUT2D eigenvalue weighted by Gasteiger charge is -2.05. The summed E-state index contributed by atoms with van der Waals surface area (Å²) < 4.78 is 0. The number of hydrogen-bond acceptors (Lipinski definition) is 2. The van der Waals surface area contributed by atoms with Gasteiger partial charge >= 0.3 is 0 Å². The van der Waals surface area contributed by atoms with Crippen LogP contribution in [0.5, 0.6) is 0 Å². The molecule has 3 heteroatoms. The maximum Gasteiger partial charge on any atom is 0.106 e. The van der Waals surface area contributed by atoms with Crippen molar-refractivity contribution in [2.45, 2.75) is 45.4 Å². The molecule has 0 amide bonds. The number of unbranched alkanes of at least 4 members (excludes halogenated alkanes) is 2. The van der Waals surface area contributed by atoms with Crippen LogP contribution in [0.2, 0.25) is 0 Å². The Bertz CT molecular complexity index is 511. The molecule has 0 unspecified atom stereocenters. The van der Waals surface area contributed by atoms with Gasteiger partial charge in [-0.3, -0.25) is 0 Å². The smallest absolute Gasteiger partial charge is 0.106 e. The van der Waals surface area contributed by atoms with E-state index >= 15 is 0 Å². The summed E-state index contributed by atoms with van der Waals surface area (Å²) in [7, 11) is 0. The van der Waals surface area contributed by atoms with Crippen LogP contribution < -0.4 is 5.73 Å². The van der Waals surface area contributed by atoms with E-state index in [1.54, 1.807) is 0 Å². The van der Waals surface area contributed by atoms with Crippen LogP contribution >= 0.6 is 0 Å². The minimum absolute atomic E-state index is 0.573. The second-order valence-corrected chi connectivity index (χ2v) is 5.62. The molecule has 3 N–H and O–H groups in total. The van der Waals surface area contributed by atoms with Gasteiger partial charge in [0.2, 0.25) is 0 Å². The van der Waals surface area contributed by atoms with Gasteiger partial charge < -0.3 is 10.7 Å². The third kappa shape index (κ3) is 3.94. The van der Waals surface area contributed by atoms with Gasteiger partial charge in [0.05, 0.1) is 11.9 Å². The van der Waals surface area contributed by atoms with Crippen LogP contribution in [0.3, 0.4) is 0 Å². The van der Waals surface area contributed by atoms with E-state index in [0.29, 0.717) is 5.92 Å². The van der Waals surface area contributed by atoms with Crippen molar-refractivity contribution < 1.29 is 0 Å². The maximum atomic E-state index is 5.50. The molecule has 1 aromatic heterocycles. The first-order chi connectivity index (χ1) is 9.70. The Morgan fingerprint density at radius 2 is 1.85 bits per heavy atom. The SMILES string of the molecule is CC(C)c1ccc(-c2cnc(CCCCCN)[nH]2)cc1. The lowest BCUT2D eigenvalue weighted by atomic mass is 10.0. The van der Waals surface area contributed by atoms with Crippen LogP contribution in [0, 0.1) is 0 Å². The summed E-state index contributed by atoms with van der Waals surface area (Å²) in [6.45, 7) is 5.21. The van der Waals surface area contributed by atoms with Gasteiger partial charge in [-0.15, -0.1) is 0 Å². The van der Waals surface area contributed by atoms with E-state index in [2.05, 4.69) is 48.1 Å². The molecular weight excluding hydrogens is 246 g/mol. The number of nitrogens with two attached hydrogens (primary N) is 1. The second kappa shape index (κ2) is 7.25. The maximum absolute atomic E-state index is 5.50. The average molecular weight is 271 g/mol. The van der Waals surface area contributed by atoms with E-state index in [-0.39, 0.29) is 0 Å². The van der Waals surface area contributed by atoms with Gasteiger partial charge in [0, 0.05) is 6.42 Å². The Kier molecular flexibility index (Phi) is 5.36. The van der Waals surface area contributed by atoms with Crippen LogP contribution in [0.1, 0.15) is 50.4 Å². The van der Waals surface area contributed by atoms with E-state index < -0.39 is 0 Å². The van der Waals surface area contributed by atoms with Crippen molar-refractivity contribution in [1.29, 1.82) is 0 Å². The van der Waals surface area contributed by atoms with Gasteiger partial charge in [-0.2, -0.15) is 0 Å². The number of hydrogen-bond donors (Lipinski definition) is 2. The van der Waals surface area contributed by atoms with Crippen LogP contribution in [0.15, 0.2) is 30.5 Å². The summed E-state index contributed by atoms with van der Waals surface area (Å²) in [5, 5.41) is 0. The van der Waals surface area contributed by atoms with Gasteiger partial charge in [-0.25, -0.2) is 4.98 Å². The number of nitrogens with zero attached hydrogens (tertiary/aromatic N) is 1. The first-order valence-corrected chi connectivity index (χ1v) is 7.55. The molecule has 0 bridgehead atoms. The fourth-order valence-corrected chi connectivity index (χ4v) is 2.30. The molecule has 0 radical (unpaired) electrons. The molecule has 0 atom stereocenters. The highest BCUT2D eigenvalue weighted by Crippen LogP contribution is 2.21. The van der Waals surface area contributed by atoms with E-state index in [9.17, 15) is 0 Å². The van der Waals surface area contributed by atoms with Crippen molar-refractivity contribution in [3.05, 3.63) is 41.9 Å². The third-order valence-electron chi connectivity index (χ3n) is 3.63. The fourth-order valence-electron chi connectivity index (χ4n) is 2.30. The highest BCUT2D eigenvalue weighted by molar-refractivity contribution is 5.58. The monoisotopic (exact) mass is 271 g/mol. The molecule has 0 saturated carbocycles. The predicted molar refractivity (Wildman–Crippen MR) is 84.7 cm³/mol. The van der Waals surface area contributed by atoms with Crippen LogP contribution in [0.4, 0.5) is 0 Å². The summed E-state index contributed by atoms with van der Waals surface area (Å²) in [6, 6.07) is 8.73. The Morgan fingerprint density at radius 3 is 2.50 bits per heavy atom. The first kappa shape index (κ1) is 14.8. The summed E-state index contributed by atoms with van der Waals surface area (Å²) >= 11 is 0. The van der Waals surface area contributed by atoms with Crippen molar-refractivity contribution in [1.82, 2.24) is 9.97 Å². The minimum atomic E-state index is 0.573. The molecule has 2 rings (SSSR count). The first-order valence-electron chi connectivity index (χ1n) is 7.55. The number of aryl methyl sites for hydroxylation is 1. The third-order valence-corrected chi connectivity index (χ3v) is 3.63. The number of rotatable bonds is 7. The minimum Gasteiger partial charge on any atom is -0.342 e.